The van der Waals surface area contributed by atoms with Gasteiger partial charge in [-0.2, -0.15) is 9.97 Å². The third kappa shape index (κ3) is 2.57. The first-order chi connectivity index (χ1) is 11.2. The first-order valence-electron chi connectivity index (χ1n) is 7.97. The number of hydrogen-bond donors (Lipinski definition) is 3. The molecule has 2 aromatic rings. The quantitative estimate of drug-likeness (QED) is 0.742. The molecule has 0 radical (unpaired) electrons. The summed E-state index contributed by atoms with van der Waals surface area (Å²) in [5.41, 5.74) is 7.37. The fourth-order valence-corrected chi connectivity index (χ4v) is 3.30. The van der Waals surface area contributed by atoms with E-state index in [9.17, 15) is 5.11 Å². The fraction of sp³-hybridized carbons (Fsp3) is 0.438. The molecule has 3 atom stereocenters. The van der Waals surface area contributed by atoms with Crippen molar-refractivity contribution < 1.29 is 5.11 Å². The monoisotopic (exact) mass is 312 g/mol. The topological polar surface area (TPSA) is 102 Å². The zero-order valence-electron chi connectivity index (χ0n) is 12.8. The predicted molar refractivity (Wildman–Crippen MR) is 88.9 cm³/mol. The van der Waals surface area contributed by atoms with Gasteiger partial charge in [-0.3, -0.25) is 0 Å². The molecule has 7 heteroatoms. The Balaban J connectivity index is 1.70. The number of nitrogens with one attached hydrogen (secondary N) is 1. The Hall–Kier alpha value is -2.41. The van der Waals surface area contributed by atoms with E-state index in [-0.39, 0.29) is 30.6 Å². The third-order valence-corrected chi connectivity index (χ3v) is 4.52. The maximum absolute atomic E-state index is 9.30. The zero-order valence-corrected chi connectivity index (χ0v) is 12.8. The van der Waals surface area contributed by atoms with E-state index in [0.29, 0.717) is 5.82 Å². The summed E-state index contributed by atoms with van der Waals surface area (Å²) in [7, 11) is 0. The van der Waals surface area contributed by atoms with Gasteiger partial charge in [0, 0.05) is 18.6 Å². The van der Waals surface area contributed by atoms with Crippen molar-refractivity contribution >= 4 is 22.9 Å². The molecule has 120 valence electrons. The molecule has 3 unspecified atom stereocenters. The van der Waals surface area contributed by atoms with Crippen LogP contribution in [-0.2, 0) is 0 Å². The second-order valence-electron chi connectivity index (χ2n) is 6.14. The van der Waals surface area contributed by atoms with E-state index in [4.69, 9.17) is 5.73 Å². The summed E-state index contributed by atoms with van der Waals surface area (Å²) >= 11 is 0. The summed E-state index contributed by atoms with van der Waals surface area (Å²) in [6, 6.07) is 0.411. The minimum atomic E-state index is 0.144. The molecular formula is C16H20N6O. The van der Waals surface area contributed by atoms with E-state index in [2.05, 4.69) is 38.5 Å². The van der Waals surface area contributed by atoms with Crippen LogP contribution >= 0.6 is 0 Å². The molecule has 0 saturated heterocycles. The largest absolute Gasteiger partial charge is 0.396 e. The number of aromatic nitrogens is 4. The summed E-state index contributed by atoms with van der Waals surface area (Å²) in [6.45, 7) is 0.164. The van der Waals surface area contributed by atoms with Gasteiger partial charge in [-0.15, -0.1) is 0 Å². The van der Waals surface area contributed by atoms with Crippen molar-refractivity contribution in [3.8, 4) is 0 Å². The van der Waals surface area contributed by atoms with Crippen LogP contribution in [0.25, 0.3) is 11.2 Å². The molecule has 0 aromatic carbocycles. The van der Waals surface area contributed by atoms with Gasteiger partial charge in [0.05, 0.1) is 12.4 Å². The predicted octanol–water partition coefficient (Wildman–Crippen LogP) is 1.65. The van der Waals surface area contributed by atoms with Crippen molar-refractivity contribution in [3.63, 3.8) is 0 Å². The van der Waals surface area contributed by atoms with Crippen molar-refractivity contribution in [3.05, 3.63) is 30.6 Å². The number of nitrogen functional groups attached to an aromatic ring is 1. The molecule has 0 spiro atoms. The van der Waals surface area contributed by atoms with Crippen LogP contribution in [0.3, 0.4) is 0 Å². The number of allylic oxidation sites excluding steroid dienone is 2. The maximum Gasteiger partial charge on any atom is 0.224 e. The molecule has 0 saturated carbocycles. The molecule has 2 aliphatic rings. The molecule has 0 amide bonds. The lowest BCUT2D eigenvalue weighted by Crippen LogP contribution is -2.16. The van der Waals surface area contributed by atoms with Crippen LogP contribution in [0.2, 0.25) is 0 Å². The highest BCUT2D eigenvalue weighted by molar-refractivity contribution is 5.84. The molecule has 0 aliphatic heterocycles. The Morgan fingerprint density at radius 2 is 2.22 bits per heavy atom. The van der Waals surface area contributed by atoms with Crippen LogP contribution in [0.5, 0.6) is 0 Å². The Morgan fingerprint density at radius 3 is 2.96 bits per heavy atom. The van der Waals surface area contributed by atoms with Crippen molar-refractivity contribution in [1.29, 1.82) is 0 Å². The minimum absolute atomic E-state index is 0.144. The number of aliphatic hydroxyl groups is 1. The van der Waals surface area contributed by atoms with Crippen LogP contribution in [0.15, 0.2) is 30.6 Å². The third-order valence-electron chi connectivity index (χ3n) is 4.52. The van der Waals surface area contributed by atoms with Gasteiger partial charge in [0.15, 0.2) is 17.0 Å². The van der Waals surface area contributed by atoms with Crippen molar-refractivity contribution in [1.82, 2.24) is 19.5 Å². The van der Waals surface area contributed by atoms with E-state index in [1.165, 1.54) is 0 Å². The SMILES string of the molecule is Nc1nc(NC2C=CCC2)c2ncn(C3C=CC(CO)C3)c2n1. The molecule has 7 nitrogen and oxygen atoms in total. The van der Waals surface area contributed by atoms with Gasteiger partial charge in [-0.1, -0.05) is 24.3 Å². The van der Waals surface area contributed by atoms with E-state index in [1.54, 1.807) is 6.33 Å². The number of anilines is 2. The van der Waals surface area contributed by atoms with E-state index >= 15 is 0 Å². The molecule has 23 heavy (non-hydrogen) atoms. The Labute approximate surface area is 133 Å². The molecule has 4 rings (SSSR count). The first-order valence-corrected chi connectivity index (χ1v) is 7.97. The standard InChI is InChI=1S/C16H20N6O/c17-16-20-14(19-11-3-1-2-4-11)13-15(21-16)22(9-18-13)12-6-5-10(7-12)8-23/h1,3,5-6,9-12,23H,2,4,7-8H2,(H3,17,19,20,21). The smallest absolute Gasteiger partial charge is 0.224 e. The number of hydrogen-bond acceptors (Lipinski definition) is 6. The van der Waals surface area contributed by atoms with Gasteiger partial charge in [-0.05, 0) is 19.3 Å². The van der Waals surface area contributed by atoms with Crippen LogP contribution in [0, 0.1) is 5.92 Å². The maximum atomic E-state index is 9.30. The van der Waals surface area contributed by atoms with Gasteiger partial charge < -0.3 is 20.7 Å². The average molecular weight is 312 g/mol. The van der Waals surface area contributed by atoms with Crippen LogP contribution < -0.4 is 11.1 Å². The van der Waals surface area contributed by atoms with Crippen LogP contribution in [0.4, 0.5) is 11.8 Å². The molecular weight excluding hydrogens is 292 g/mol. The molecule has 2 aromatic heterocycles. The Kier molecular flexibility index (Phi) is 3.49. The van der Waals surface area contributed by atoms with Gasteiger partial charge in [0.1, 0.15) is 0 Å². The van der Waals surface area contributed by atoms with E-state index in [0.717, 1.165) is 30.4 Å². The molecule has 4 N–H and O–H groups in total. The van der Waals surface area contributed by atoms with E-state index < -0.39 is 0 Å². The number of fused-ring (bicyclic) bond motifs is 1. The van der Waals surface area contributed by atoms with Gasteiger partial charge in [0.2, 0.25) is 5.95 Å². The summed E-state index contributed by atoms with van der Waals surface area (Å²) in [5.74, 6) is 1.12. The average Bonchev–Trinajstić information content (AvgIpc) is 3.26. The summed E-state index contributed by atoms with van der Waals surface area (Å²) < 4.78 is 2.01. The Bertz CT molecular complexity index is 780. The molecule has 2 aliphatic carbocycles. The number of imidazole rings is 1. The van der Waals surface area contributed by atoms with Crippen molar-refractivity contribution in [2.45, 2.75) is 31.3 Å². The second-order valence-corrected chi connectivity index (χ2v) is 6.14. The van der Waals surface area contributed by atoms with Crippen molar-refractivity contribution in [2.24, 2.45) is 5.92 Å². The van der Waals surface area contributed by atoms with Gasteiger partial charge in [-0.25, -0.2) is 4.98 Å². The highest BCUT2D eigenvalue weighted by atomic mass is 16.3. The lowest BCUT2D eigenvalue weighted by Gasteiger charge is -2.14. The number of nitrogens with two attached hydrogens (primary N) is 1. The van der Waals surface area contributed by atoms with E-state index in [1.807, 2.05) is 10.6 Å². The fourth-order valence-electron chi connectivity index (χ4n) is 3.30. The minimum Gasteiger partial charge on any atom is -0.396 e. The molecule has 0 fully saturated rings. The normalized spacial score (nSPS) is 26.4. The second kappa shape index (κ2) is 5.66. The Morgan fingerprint density at radius 1 is 1.30 bits per heavy atom. The number of nitrogens with zero attached hydrogens (tertiary/aromatic N) is 4. The highest BCUT2D eigenvalue weighted by Gasteiger charge is 2.23. The summed E-state index contributed by atoms with van der Waals surface area (Å²) in [6.07, 6.45) is 13.2. The van der Waals surface area contributed by atoms with Crippen molar-refractivity contribution in [2.75, 3.05) is 17.7 Å². The number of aliphatic hydroxyl groups excluding tert-OH is 1. The number of rotatable bonds is 4. The molecule has 0 bridgehead atoms. The van der Waals surface area contributed by atoms with Gasteiger partial charge in [0.25, 0.3) is 0 Å². The zero-order chi connectivity index (χ0) is 15.8. The lowest BCUT2D eigenvalue weighted by atomic mass is 10.1. The highest BCUT2D eigenvalue weighted by Crippen LogP contribution is 2.31. The summed E-state index contributed by atoms with van der Waals surface area (Å²) in [5, 5.41) is 12.7. The summed E-state index contributed by atoms with van der Waals surface area (Å²) in [4.78, 5) is 13.2. The van der Waals surface area contributed by atoms with Gasteiger partial charge >= 0.3 is 0 Å². The van der Waals surface area contributed by atoms with Crippen LogP contribution in [-0.4, -0.2) is 37.3 Å². The van der Waals surface area contributed by atoms with Crippen LogP contribution in [0.1, 0.15) is 25.3 Å². The lowest BCUT2D eigenvalue weighted by molar-refractivity contribution is 0.244. The first kappa shape index (κ1) is 14.2. The molecule has 2 heterocycles.